The number of rotatable bonds is 6. The molecule has 4 nitrogen and oxygen atoms in total. The van der Waals surface area contributed by atoms with Crippen LogP contribution in [0.15, 0.2) is 0 Å². The Labute approximate surface area is 111 Å². The van der Waals surface area contributed by atoms with E-state index in [9.17, 15) is 4.79 Å². The Hall–Kier alpha value is -0.610. The molecule has 1 unspecified atom stereocenters. The zero-order valence-electron chi connectivity index (χ0n) is 12.1. The van der Waals surface area contributed by atoms with Crippen molar-refractivity contribution in [3.05, 3.63) is 0 Å². The van der Waals surface area contributed by atoms with Crippen LogP contribution in [0.4, 0.5) is 0 Å². The van der Waals surface area contributed by atoms with E-state index in [0.29, 0.717) is 0 Å². The Morgan fingerprint density at radius 2 is 2.06 bits per heavy atom. The van der Waals surface area contributed by atoms with E-state index in [1.807, 2.05) is 6.92 Å². The van der Waals surface area contributed by atoms with Gasteiger partial charge in [-0.1, -0.05) is 27.2 Å². The lowest BCUT2D eigenvalue weighted by molar-refractivity contribution is -0.123. The fourth-order valence-corrected chi connectivity index (χ4v) is 2.25. The fourth-order valence-electron chi connectivity index (χ4n) is 2.25. The monoisotopic (exact) mass is 255 g/mol. The summed E-state index contributed by atoms with van der Waals surface area (Å²) in [4.78, 5) is 14.2. The van der Waals surface area contributed by atoms with Crippen molar-refractivity contribution in [3.8, 4) is 0 Å². The number of hydrogen-bond donors (Lipinski definition) is 2. The molecule has 2 atom stereocenters. The van der Waals surface area contributed by atoms with Crippen LogP contribution < -0.4 is 11.1 Å². The molecule has 18 heavy (non-hydrogen) atoms. The number of nitrogens with one attached hydrogen (secondary N) is 1. The average molecular weight is 255 g/mol. The van der Waals surface area contributed by atoms with Crippen molar-refractivity contribution in [2.75, 3.05) is 26.2 Å². The molecular formula is C14H29N3O. The van der Waals surface area contributed by atoms with E-state index < -0.39 is 0 Å². The number of nitrogens with zero attached hydrogens (tertiary/aromatic N) is 1. The van der Waals surface area contributed by atoms with Gasteiger partial charge in [0, 0.05) is 13.1 Å². The number of carbonyl (C=O) groups is 1. The Kier molecular flexibility index (Phi) is 6.65. The number of nitrogens with two attached hydrogens (primary N) is 1. The standard InChI is InChI=1S/C14H29N3O/c1-4-12(3)13(15)14(18)16-7-10-17-8-5-11(2)6-9-17/h11-13H,4-10,15H2,1-3H3,(H,16,18)/t12?,13-/m0/s1. The molecule has 0 saturated carbocycles. The van der Waals surface area contributed by atoms with Crippen molar-refractivity contribution >= 4 is 5.91 Å². The minimum absolute atomic E-state index is 0.00488. The van der Waals surface area contributed by atoms with Gasteiger partial charge in [-0.2, -0.15) is 0 Å². The molecule has 1 saturated heterocycles. The zero-order valence-corrected chi connectivity index (χ0v) is 12.1. The predicted octanol–water partition coefficient (Wildman–Crippen LogP) is 1.21. The molecule has 1 amide bonds. The van der Waals surface area contributed by atoms with Crippen molar-refractivity contribution in [3.63, 3.8) is 0 Å². The summed E-state index contributed by atoms with van der Waals surface area (Å²) >= 11 is 0. The number of amides is 1. The fraction of sp³-hybridized carbons (Fsp3) is 0.929. The first-order valence-corrected chi connectivity index (χ1v) is 7.30. The summed E-state index contributed by atoms with van der Waals surface area (Å²) in [6, 6.07) is -0.364. The summed E-state index contributed by atoms with van der Waals surface area (Å²) in [6.45, 7) is 10.4. The summed E-state index contributed by atoms with van der Waals surface area (Å²) < 4.78 is 0. The van der Waals surface area contributed by atoms with Crippen LogP contribution in [0.2, 0.25) is 0 Å². The minimum atomic E-state index is -0.364. The van der Waals surface area contributed by atoms with Crippen LogP contribution in [-0.2, 0) is 4.79 Å². The molecule has 106 valence electrons. The number of piperidine rings is 1. The van der Waals surface area contributed by atoms with E-state index in [1.165, 1.54) is 12.8 Å². The first kappa shape index (κ1) is 15.4. The highest BCUT2D eigenvalue weighted by Gasteiger charge is 2.19. The molecule has 3 N–H and O–H groups in total. The third-order valence-electron chi connectivity index (χ3n) is 4.16. The van der Waals surface area contributed by atoms with Crippen LogP contribution in [-0.4, -0.2) is 43.0 Å². The molecule has 0 radical (unpaired) electrons. The number of likely N-dealkylation sites (tertiary alicyclic amines) is 1. The molecule has 0 aromatic rings. The predicted molar refractivity (Wildman–Crippen MR) is 75.3 cm³/mol. The van der Waals surface area contributed by atoms with Crippen molar-refractivity contribution in [1.29, 1.82) is 0 Å². The molecule has 0 aromatic carbocycles. The van der Waals surface area contributed by atoms with E-state index in [-0.39, 0.29) is 17.9 Å². The first-order chi connectivity index (χ1) is 8.54. The highest BCUT2D eigenvalue weighted by molar-refractivity contribution is 5.81. The van der Waals surface area contributed by atoms with Crippen LogP contribution >= 0.6 is 0 Å². The molecule has 0 aliphatic carbocycles. The van der Waals surface area contributed by atoms with Gasteiger partial charge in [-0.15, -0.1) is 0 Å². The maximum atomic E-state index is 11.8. The van der Waals surface area contributed by atoms with Gasteiger partial charge >= 0.3 is 0 Å². The lowest BCUT2D eigenvalue weighted by Crippen LogP contribution is -2.47. The van der Waals surface area contributed by atoms with Crippen molar-refractivity contribution in [1.82, 2.24) is 10.2 Å². The lowest BCUT2D eigenvalue weighted by Gasteiger charge is -2.30. The maximum Gasteiger partial charge on any atom is 0.237 e. The summed E-state index contributed by atoms with van der Waals surface area (Å²) in [5.74, 6) is 1.10. The van der Waals surface area contributed by atoms with Crippen molar-refractivity contribution in [2.45, 2.75) is 46.1 Å². The second kappa shape index (κ2) is 7.74. The molecule has 0 aromatic heterocycles. The van der Waals surface area contributed by atoms with Crippen molar-refractivity contribution in [2.24, 2.45) is 17.6 Å². The summed E-state index contributed by atoms with van der Waals surface area (Å²) in [5, 5.41) is 2.95. The second-order valence-electron chi connectivity index (χ2n) is 5.73. The third kappa shape index (κ3) is 4.94. The quantitative estimate of drug-likeness (QED) is 0.750. The van der Waals surface area contributed by atoms with E-state index >= 15 is 0 Å². The van der Waals surface area contributed by atoms with E-state index in [2.05, 4.69) is 24.1 Å². The highest BCUT2D eigenvalue weighted by Crippen LogP contribution is 2.15. The first-order valence-electron chi connectivity index (χ1n) is 7.30. The average Bonchev–Trinajstić information content (AvgIpc) is 2.39. The van der Waals surface area contributed by atoms with Gasteiger partial charge in [0.25, 0.3) is 0 Å². The number of carbonyl (C=O) groups excluding carboxylic acids is 1. The van der Waals surface area contributed by atoms with Gasteiger partial charge in [0.05, 0.1) is 6.04 Å². The Balaban J connectivity index is 2.15. The van der Waals surface area contributed by atoms with E-state index in [0.717, 1.165) is 38.5 Å². The highest BCUT2D eigenvalue weighted by atomic mass is 16.2. The third-order valence-corrected chi connectivity index (χ3v) is 4.16. The summed E-state index contributed by atoms with van der Waals surface area (Å²) in [5.41, 5.74) is 5.88. The SMILES string of the molecule is CCC(C)[C@H](N)C(=O)NCCN1CCC(C)CC1. The van der Waals surface area contributed by atoms with Gasteiger partial charge in [0.2, 0.25) is 5.91 Å². The topological polar surface area (TPSA) is 58.4 Å². The van der Waals surface area contributed by atoms with Crippen LogP contribution in [0.3, 0.4) is 0 Å². The van der Waals surface area contributed by atoms with Gasteiger partial charge < -0.3 is 16.0 Å². The van der Waals surface area contributed by atoms with Crippen LogP contribution in [0.1, 0.15) is 40.0 Å². The van der Waals surface area contributed by atoms with Gasteiger partial charge in [-0.25, -0.2) is 0 Å². The van der Waals surface area contributed by atoms with Gasteiger partial charge in [-0.3, -0.25) is 4.79 Å². The molecule has 0 spiro atoms. The Morgan fingerprint density at radius 3 is 2.61 bits per heavy atom. The van der Waals surface area contributed by atoms with Crippen LogP contribution in [0, 0.1) is 11.8 Å². The molecule has 1 heterocycles. The summed E-state index contributed by atoms with van der Waals surface area (Å²) in [7, 11) is 0. The van der Waals surface area contributed by atoms with Crippen LogP contribution in [0.5, 0.6) is 0 Å². The maximum absolute atomic E-state index is 11.8. The zero-order chi connectivity index (χ0) is 13.5. The largest absolute Gasteiger partial charge is 0.353 e. The smallest absolute Gasteiger partial charge is 0.237 e. The summed E-state index contributed by atoms with van der Waals surface area (Å²) in [6.07, 6.45) is 3.50. The Bertz CT molecular complexity index is 249. The van der Waals surface area contributed by atoms with Gasteiger partial charge in [-0.05, 0) is 37.8 Å². The molecule has 1 aliphatic heterocycles. The minimum Gasteiger partial charge on any atom is -0.353 e. The normalized spacial score (nSPS) is 21.6. The molecule has 4 heteroatoms. The molecule has 1 rings (SSSR count). The lowest BCUT2D eigenvalue weighted by atomic mass is 9.99. The van der Waals surface area contributed by atoms with Gasteiger partial charge in [0.1, 0.15) is 0 Å². The second-order valence-corrected chi connectivity index (χ2v) is 5.73. The molecule has 1 fully saturated rings. The molecule has 1 aliphatic rings. The molecule has 0 bridgehead atoms. The molecular weight excluding hydrogens is 226 g/mol. The van der Waals surface area contributed by atoms with Crippen LogP contribution in [0.25, 0.3) is 0 Å². The van der Waals surface area contributed by atoms with E-state index in [4.69, 9.17) is 5.73 Å². The van der Waals surface area contributed by atoms with E-state index in [1.54, 1.807) is 0 Å². The Morgan fingerprint density at radius 1 is 1.44 bits per heavy atom. The van der Waals surface area contributed by atoms with Gasteiger partial charge in [0.15, 0.2) is 0 Å². The number of hydrogen-bond acceptors (Lipinski definition) is 3. The van der Waals surface area contributed by atoms with Crippen molar-refractivity contribution < 1.29 is 4.79 Å².